The molecule has 2 aromatic heterocycles. The van der Waals surface area contributed by atoms with E-state index in [-0.39, 0.29) is 0 Å². The third-order valence-electron chi connectivity index (χ3n) is 8.81. The summed E-state index contributed by atoms with van der Waals surface area (Å²) in [6, 6.07) is 55.5. The lowest BCUT2D eigenvalue weighted by Crippen LogP contribution is -1.97. The molecule has 0 amide bonds. The Morgan fingerprint density at radius 1 is 0.304 bits per heavy atom. The molecule has 0 spiro atoms. The lowest BCUT2D eigenvalue weighted by atomic mass is 9.90. The number of pyridine rings is 1. The summed E-state index contributed by atoms with van der Waals surface area (Å²) < 4.78 is 0. The zero-order chi connectivity index (χ0) is 30.5. The molecule has 3 heteroatoms. The molecule has 0 unspecified atom stereocenters. The molecule has 214 valence electrons. The van der Waals surface area contributed by atoms with Crippen LogP contribution < -0.4 is 0 Å². The van der Waals surface area contributed by atoms with Crippen LogP contribution in [0.2, 0.25) is 0 Å². The Labute approximate surface area is 266 Å². The molecule has 0 aliphatic carbocycles. The predicted octanol–water partition coefficient (Wildman–Crippen LogP) is 11.1. The third-order valence-corrected chi connectivity index (χ3v) is 8.81. The first-order valence-electron chi connectivity index (χ1n) is 15.5. The molecule has 0 atom stereocenters. The largest absolute Gasteiger partial charge is 0.256 e. The fourth-order valence-corrected chi connectivity index (χ4v) is 6.62. The minimum atomic E-state index is 0.678. The van der Waals surface area contributed by atoms with Gasteiger partial charge in [0.1, 0.15) is 0 Å². The molecular weight excluding hydrogens is 558 g/mol. The van der Waals surface area contributed by atoms with Crippen molar-refractivity contribution in [1.29, 1.82) is 0 Å². The minimum Gasteiger partial charge on any atom is -0.256 e. The van der Waals surface area contributed by atoms with Crippen LogP contribution in [0, 0.1) is 0 Å². The van der Waals surface area contributed by atoms with Gasteiger partial charge in [-0.25, -0.2) is 9.97 Å². The van der Waals surface area contributed by atoms with Crippen molar-refractivity contribution in [3.63, 3.8) is 0 Å². The summed E-state index contributed by atoms with van der Waals surface area (Å²) in [4.78, 5) is 15.0. The van der Waals surface area contributed by atoms with E-state index in [1.807, 2.05) is 54.7 Å². The molecule has 0 aliphatic rings. The average Bonchev–Trinajstić information content (AvgIpc) is 3.14. The molecule has 2 heterocycles. The number of hydrogen-bond acceptors (Lipinski definition) is 3. The van der Waals surface area contributed by atoms with Crippen molar-refractivity contribution in [1.82, 2.24) is 15.0 Å². The lowest BCUT2D eigenvalue weighted by Gasteiger charge is -2.15. The first-order chi connectivity index (χ1) is 22.8. The zero-order valence-corrected chi connectivity index (χ0v) is 24.9. The Morgan fingerprint density at radius 3 is 1.43 bits per heavy atom. The first kappa shape index (κ1) is 26.2. The molecule has 7 aromatic carbocycles. The number of rotatable bonds is 5. The maximum absolute atomic E-state index is 5.15. The highest BCUT2D eigenvalue weighted by atomic mass is 14.9. The highest BCUT2D eigenvalue weighted by Crippen LogP contribution is 2.39. The summed E-state index contributed by atoms with van der Waals surface area (Å²) in [5.41, 5.74) is 8.99. The van der Waals surface area contributed by atoms with E-state index in [4.69, 9.17) is 15.0 Å². The lowest BCUT2D eigenvalue weighted by molar-refractivity contribution is 1.18. The quantitative estimate of drug-likeness (QED) is 0.189. The fourth-order valence-electron chi connectivity index (χ4n) is 6.62. The third kappa shape index (κ3) is 4.58. The predicted molar refractivity (Wildman–Crippen MR) is 191 cm³/mol. The van der Waals surface area contributed by atoms with Gasteiger partial charge in [0.2, 0.25) is 0 Å². The molecule has 0 bridgehead atoms. The van der Waals surface area contributed by atoms with E-state index in [0.29, 0.717) is 5.82 Å². The molecule has 9 rings (SSSR count). The molecule has 0 saturated heterocycles. The van der Waals surface area contributed by atoms with Crippen LogP contribution in [0.1, 0.15) is 0 Å². The highest BCUT2D eigenvalue weighted by Gasteiger charge is 2.16. The van der Waals surface area contributed by atoms with Crippen molar-refractivity contribution in [3.05, 3.63) is 164 Å². The SMILES string of the molecule is c1ccc(-c2cc(-c3ccccc3)nc(-c3cc(-c4cc5ccc6cccc7ccc(c4)c5c67)cc(-c4ccccn4)c3)n2)cc1. The molecule has 9 aromatic rings. The Bertz CT molecular complexity index is 2380. The van der Waals surface area contributed by atoms with E-state index in [1.54, 1.807) is 0 Å². The highest BCUT2D eigenvalue weighted by molar-refractivity contribution is 6.23. The topological polar surface area (TPSA) is 38.7 Å². The van der Waals surface area contributed by atoms with Crippen molar-refractivity contribution in [2.45, 2.75) is 0 Å². The van der Waals surface area contributed by atoms with Crippen LogP contribution in [0.3, 0.4) is 0 Å². The van der Waals surface area contributed by atoms with Gasteiger partial charge in [0.25, 0.3) is 0 Å². The maximum atomic E-state index is 5.15. The van der Waals surface area contributed by atoms with Crippen molar-refractivity contribution < 1.29 is 0 Å². The van der Waals surface area contributed by atoms with Crippen LogP contribution in [0.5, 0.6) is 0 Å². The molecule has 3 nitrogen and oxygen atoms in total. The van der Waals surface area contributed by atoms with Crippen molar-refractivity contribution in [2.75, 3.05) is 0 Å². The second kappa shape index (κ2) is 10.8. The van der Waals surface area contributed by atoms with Gasteiger partial charge in [-0.2, -0.15) is 0 Å². The zero-order valence-electron chi connectivity index (χ0n) is 24.9. The van der Waals surface area contributed by atoms with Gasteiger partial charge in [0.05, 0.1) is 17.1 Å². The van der Waals surface area contributed by atoms with Gasteiger partial charge in [-0.1, -0.05) is 109 Å². The average molecular weight is 586 g/mol. The Morgan fingerprint density at radius 2 is 0.826 bits per heavy atom. The summed E-state index contributed by atoms with van der Waals surface area (Å²) >= 11 is 0. The van der Waals surface area contributed by atoms with Crippen molar-refractivity contribution in [2.24, 2.45) is 0 Å². The van der Waals surface area contributed by atoms with Crippen LogP contribution in [-0.2, 0) is 0 Å². The summed E-state index contributed by atoms with van der Waals surface area (Å²) in [7, 11) is 0. The summed E-state index contributed by atoms with van der Waals surface area (Å²) in [5.74, 6) is 0.678. The molecule has 46 heavy (non-hydrogen) atoms. The van der Waals surface area contributed by atoms with Crippen LogP contribution in [-0.4, -0.2) is 15.0 Å². The van der Waals surface area contributed by atoms with Gasteiger partial charge in [0, 0.05) is 28.5 Å². The van der Waals surface area contributed by atoms with E-state index in [1.165, 1.54) is 32.3 Å². The summed E-state index contributed by atoms with van der Waals surface area (Å²) in [6.45, 7) is 0. The standard InChI is InChI=1S/C43H27N3/c1-3-10-28(11-4-1)39-27-40(29-12-5-2-6-13-29)46-43(45-39)37-25-35(24-36(26-37)38-16-7-8-21-44-38)34-22-32-19-17-30-14-9-15-31-18-20-33(23-34)42(32)41(30)31/h1-27H. The monoisotopic (exact) mass is 585 g/mol. The van der Waals surface area contributed by atoms with Crippen LogP contribution in [0.25, 0.3) is 88.6 Å². The molecule has 0 N–H and O–H groups in total. The van der Waals surface area contributed by atoms with Gasteiger partial charge in [0.15, 0.2) is 5.82 Å². The molecule has 0 fully saturated rings. The van der Waals surface area contributed by atoms with Crippen LogP contribution in [0.4, 0.5) is 0 Å². The van der Waals surface area contributed by atoms with Gasteiger partial charge in [-0.05, 0) is 92.0 Å². The first-order valence-corrected chi connectivity index (χ1v) is 15.5. The number of aromatic nitrogens is 3. The van der Waals surface area contributed by atoms with E-state index in [0.717, 1.165) is 50.5 Å². The van der Waals surface area contributed by atoms with Crippen LogP contribution >= 0.6 is 0 Å². The number of nitrogens with zero attached hydrogens (tertiary/aromatic N) is 3. The number of benzene rings is 7. The normalized spacial score (nSPS) is 11.5. The van der Waals surface area contributed by atoms with E-state index in [2.05, 4.69) is 109 Å². The Hall–Kier alpha value is -6.19. The minimum absolute atomic E-state index is 0.678. The van der Waals surface area contributed by atoms with Gasteiger partial charge < -0.3 is 0 Å². The van der Waals surface area contributed by atoms with Gasteiger partial charge >= 0.3 is 0 Å². The van der Waals surface area contributed by atoms with Crippen LogP contribution in [0.15, 0.2) is 164 Å². The molecule has 0 saturated carbocycles. The summed E-state index contributed by atoms with van der Waals surface area (Å²) in [5, 5.41) is 7.64. The molecule has 0 aliphatic heterocycles. The molecule has 0 radical (unpaired) electrons. The van der Waals surface area contributed by atoms with E-state index < -0.39 is 0 Å². The Balaban J connectivity index is 1.28. The van der Waals surface area contributed by atoms with Crippen molar-refractivity contribution in [3.8, 4) is 56.3 Å². The second-order valence-corrected chi connectivity index (χ2v) is 11.7. The fraction of sp³-hybridized carbons (Fsp3) is 0. The van der Waals surface area contributed by atoms with E-state index >= 15 is 0 Å². The Kier molecular flexibility index (Phi) is 6.14. The maximum Gasteiger partial charge on any atom is 0.160 e. The second-order valence-electron chi connectivity index (χ2n) is 11.7. The smallest absolute Gasteiger partial charge is 0.160 e. The summed E-state index contributed by atoms with van der Waals surface area (Å²) in [6.07, 6.45) is 1.84. The molecular formula is C43H27N3. The van der Waals surface area contributed by atoms with Crippen molar-refractivity contribution >= 4 is 32.3 Å². The van der Waals surface area contributed by atoms with Gasteiger partial charge in [-0.15, -0.1) is 0 Å². The van der Waals surface area contributed by atoms with E-state index in [9.17, 15) is 0 Å². The number of hydrogen-bond donors (Lipinski definition) is 0. The van der Waals surface area contributed by atoms with Gasteiger partial charge in [-0.3, -0.25) is 4.98 Å².